The Bertz CT molecular complexity index is 650. The van der Waals surface area contributed by atoms with Crippen molar-refractivity contribution in [2.45, 2.75) is 19.8 Å². The van der Waals surface area contributed by atoms with Crippen molar-refractivity contribution < 1.29 is 19.3 Å². The van der Waals surface area contributed by atoms with Crippen molar-refractivity contribution in [2.24, 2.45) is 0 Å². The summed E-state index contributed by atoms with van der Waals surface area (Å²) in [6, 6.07) is 3.64. The van der Waals surface area contributed by atoms with Crippen LogP contribution in [0.3, 0.4) is 0 Å². The van der Waals surface area contributed by atoms with E-state index in [-0.39, 0.29) is 19.0 Å². The normalized spacial score (nSPS) is 10.3. The molecule has 4 nitrogen and oxygen atoms in total. The molecule has 0 amide bonds. The lowest BCUT2D eigenvalue weighted by atomic mass is 10.0. The summed E-state index contributed by atoms with van der Waals surface area (Å²) in [5, 5.41) is 10.4. The number of hydrogen-bond donors (Lipinski definition) is 1. The molecule has 0 saturated carbocycles. The summed E-state index contributed by atoms with van der Waals surface area (Å²) in [6.07, 6.45) is 11.0. The molecular weight excluding hydrogens is 304 g/mol. The minimum absolute atomic E-state index is 0.129. The summed E-state index contributed by atoms with van der Waals surface area (Å²) in [6.45, 7) is 11.3. The number of allylic oxidation sites excluding steroid dienone is 4. The van der Waals surface area contributed by atoms with Crippen molar-refractivity contribution in [3.8, 4) is 5.75 Å². The summed E-state index contributed by atoms with van der Waals surface area (Å²) >= 11 is 0. The third-order valence-corrected chi connectivity index (χ3v) is 2.84. The second kappa shape index (κ2) is 11.5. The molecule has 0 bridgehead atoms. The van der Waals surface area contributed by atoms with Gasteiger partial charge in [-0.25, -0.2) is 0 Å². The van der Waals surface area contributed by atoms with E-state index in [1.54, 1.807) is 30.6 Å². The van der Waals surface area contributed by atoms with Crippen LogP contribution in [0.2, 0.25) is 0 Å². The summed E-state index contributed by atoms with van der Waals surface area (Å²) in [5.74, 6) is 0.129. The first-order chi connectivity index (χ1) is 11.7. The van der Waals surface area contributed by atoms with E-state index in [4.69, 9.17) is 14.2 Å². The van der Waals surface area contributed by atoms with Gasteiger partial charge in [0, 0.05) is 11.1 Å². The van der Waals surface area contributed by atoms with E-state index in [1.165, 1.54) is 12.5 Å². The minimum atomic E-state index is 0.129. The number of benzene rings is 1. The van der Waals surface area contributed by atoms with Gasteiger partial charge in [0.25, 0.3) is 0 Å². The molecule has 0 spiro atoms. The average Bonchev–Trinajstić information content (AvgIpc) is 2.59. The summed E-state index contributed by atoms with van der Waals surface area (Å²) in [5.41, 5.74) is 4.67. The maximum absolute atomic E-state index is 10.4. The quantitative estimate of drug-likeness (QED) is 0.365. The lowest BCUT2D eigenvalue weighted by molar-refractivity contribution is 0.219. The molecule has 24 heavy (non-hydrogen) atoms. The largest absolute Gasteiger partial charge is 0.507 e. The molecule has 0 fully saturated rings. The first-order valence-corrected chi connectivity index (χ1v) is 7.30. The van der Waals surface area contributed by atoms with Gasteiger partial charge in [0.05, 0.1) is 12.5 Å². The SMILES string of the molecule is C=C=COCc1cc(COC=CC=C)cc(COC=CC=C)c1O. The van der Waals surface area contributed by atoms with Gasteiger partial charge in [-0.1, -0.05) is 37.6 Å². The molecule has 1 N–H and O–H groups in total. The Morgan fingerprint density at radius 2 is 1.46 bits per heavy atom. The van der Waals surface area contributed by atoms with Gasteiger partial charge >= 0.3 is 0 Å². The molecule has 0 saturated heterocycles. The fourth-order valence-electron chi connectivity index (χ4n) is 1.83. The van der Waals surface area contributed by atoms with E-state index in [9.17, 15) is 5.11 Å². The predicted molar refractivity (Wildman–Crippen MR) is 94.9 cm³/mol. The highest BCUT2D eigenvalue weighted by molar-refractivity contribution is 5.43. The molecule has 126 valence electrons. The van der Waals surface area contributed by atoms with Gasteiger partial charge in [-0.2, -0.15) is 0 Å². The van der Waals surface area contributed by atoms with Gasteiger partial charge < -0.3 is 19.3 Å². The highest BCUT2D eigenvalue weighted by Crippen LogP contribution is 2.27. The van der Waals surface area contributed by atoms with Gasteiger partial charge in [0.15, 0.2) is 0 Å². The van der Waals surface area contributed by atoms with Gasteiger partial charge in [0.1, 0.15) is 31.8 Å². The monoisotopic (exact) mass is 326 g/mol. The van der Waals surface area contributed by atoms with Crippen LogP contribution in [0.5, 0.6) is 5.75 Å². The molecule has 0 aliphatic carbocycles. The fraction of sp³-hybridized carbons (Fsp3) is 0.150. The minimum Gasteiger partial charge on any atom is -0.507 e. The smallest absolute Gasteiger partial charge is 0.128 e. The second-order valence-electron chi connectivity index (χ2n) is 4.65. The Morgan fingerprint density at radius 1 is 0.917 bits per heavy atom. The van der Waals surface area contributed by atoms with Crippen LogP contribution in [0.1, 0.15) is 16.7 Å². The molecule has 4 heteroatoms. The fourth-order valence-corrected chi connectivity index (χ4v) is 1.83. The van der Waals surface area contributed by atoms with Crippen LogP contribution in [0.25, 0.3) is 0 Å². The second-order valence-corrected chi connectivity index (χ2v) is 4.65. The van der Waals surface area contributed by atoms with Crippen LogP contribution < -0.4 is 0 Å². The zero-order valence-electron chi connectivity index (χ0n) is 13.6. The summed E-state index contributed by atoms with van der Waals surface area (Å²) in [7, 11) is 0. The average molecular weight is 326 g/mol. The number of phenols is 1. The molecule has 0 aromatic heterocycles. The van der Waals surface area contributed by atoms with Crippen molar-refractivity contribution in [1.82, 2.24) is 0 Å². The highest BCUT2D eigenvalue weighted by Gasteiger charge is 2.11. The maximum Gasteiger partial charge on any atom is 0.128 e. The lowest BCUT2D eigenvalue weighted by Gasteiger charge is -2.13. The van der Waals surface area contributed by atoms with Crippen molar-refractivity contribution >= 4 is 0 Å². The van der Waals surface area contributed by atoms with Crippen molar-refractivity contribution in [1.29, 1.82) is 0 Å². The molecule has 1 aromatic rings. The number of hydrogen-bond acceptors (Lipinski definition) is 4. The van der Waals surface area contributed by atoms with E-state index in [0.29, 0.717) is 17.7 Å². The van der Waals surface area contributed by atoms with Crippen molar-refractivity contribution in [2.75, 3.05) is 0 Å². The molecular formula is C20H22O4. The molecule has 0 unspecified atom stereocenters. The lowest BCUT2D eigenvalue weighted by Crippen LogP contribution is -1.98. The van der Waals surface area contributed by atoms with Crippen LogP contribution in [-0.4, -0.2) is 5.11 Å². The number of aromatic hydroxyl groups is 1. The molecule has 0 radical (unpaired) electrons. The molecule has 1 rings (SSSR count). The molecule has 1 aromatic carbocycles. The molecule has 0 aliphatic heterocycles. The third-order valence-electron chi connectivity index (χ3n) is 2.84. The van der Waals surface area contributed by atoms with Crippen LogP contribution >= 0.6 is 0 Å². The van der Waals surface area contributed by atoms with Gasteiger partial charge in [-0.15, -0.1) is 0 Å². The van der Waals surface area contributed by atoms with Gasteiger partial charge in [-0.3, -0.25) is 0 Å². The van der Waals surface area contributed by atoms with Crippen LogP contribution in [-0.2, 0) is 34.0 Å². The Labute approximate surface area is 143 Å². The molecule has 0 aliphatic rings. The standard InChI is InChI=1S/C20H22O4/c1-4-7-10-23-14-17-12-18(15-22-9-6-3)20(21)19(13-17)16-24-11-8-5-2/h4-5,7-13,21H,1-3,14-16H2. The Hall–Kier alpha value is -3.10. The van der Waals surface area contributed by atoms with E-state index in [1.807, 2.05) is 12.1 Å². The van der Waals surface area contributed by atoms with Crippen LogP contribution in [0.4, 0.5) is 0 Å². The summed E-state index contributed by atoms with van der Waals surface area (Å²) < 4.78 is 16.0. The van der Waals surface area contributed by atoms with Gasteiger partial charge in [0.2, 0.25) is 0 Å². The Morgan fingerprint density at radius 3 is 2.00 bits per heavy atom. The Kier molecular flexibility index (Phi) is 9.05. The highest BCUT2D eigenvalue weighted by atomic mass is 16.5. The molecule has 0 heterocycles. The van der Waals surface area contributed by atoms with E-state index >= 15 is 0 Å². The van der Waals surface area contributed by atoms with Gasteiger partial charge in [-0.05, 0) is 29.8 Å². The summed E-state index contributed by atoms with van der Waals surface area (Å²) in [4.78, 5) is 0. The topological polar surface area (TPSA) is 47.9 Å². The van der Waals surface area contributed by atoms with E-state index < -0.39 is 0 Å². The molecule has 0 atom stereocenters. The number of ether oxygens (including phenoxy) is 3. The zero-order valence-corrected chi connectivity index (χ0v) is 13.6. The van der Waals surface area contributed by atoms with E-state index in [0.717, 1.165) is 5.56 Å². The van der Waals surface area contributed by atoms with Crippen molar-refractivity contribution in [3.63, 3.8) is 0 Å². The maximum atomic E-state index is 10.4. The van der Waals surface area contributed by atoms with Crippen LogP contribution in [0.15, 0.2) is 80.7 Å². The van der Waals surface area contributed by atoms with E-state index in [2.05, 4.69) is 25.5 Å². The van der Waals surface area contributed by atoms with Crippen molar-refractivity contribution in [3.05, 3.63) is 97.4 Å². The predicted octanol–water partition coefficient (Wildman–Crippen LogP) is 4.64. The first-order valence-electron chi connectivity index (χ1n) is 7.30. The first kappa shape index (κ1) is 18.9. The zero-order chi connectivity index (χ0) is 17.6. The number of phenolic OH excluding ortho intramolecular Hbond substituents is 1. The van der Waals surface area contributed by atoms with Crippen LogP contribution in [0, 0.1) is 0 Å². The third kappa shape index (κ3) is 6.77. The number of rotatable bonds is 11. The Balaban J connectivity index is 2.95.